The Balaban J connectivity index is 1.74. The Labute approximate surface area is 96.9 Å². The standard InChI is InChI=1S/C14H18O2/c1-3-13-14(16-13)9-5-7-11-6-4-8-12(10-11)15-2/h3-4,6,8,10,13-14H,1,5,7,9H2,2H3/t13-,14+/m1/s1. The van der Waals surface area contributed by atoms with Crippen LogP contribution in [0.5, 0.6) is 5.75 Å². The Morgan fingerprint density at radius 3 is 3.06 bits per heavy atom. The fourth-order valence-corrected chi connectivity index (χ4v) is 1.93. The van der Waals surface area contributed by atoms with E-state index in [0.717, 1.165) is 25.0 Å². The van der Waals surface area contributed by atoms with E-state index in [0.29, 0.717) is 12.2 Å². The average Bonchev–Trinajstić information content (AvgIpc) is 3.08. The first kappa shape index (κ1) is 11.2. The summed E-state index contributed by atoms with van der Waals surface area (Å²) in [5.41, 5.74) is 1.33. The van der Waals surface area contributed by atoms with E-state index in [-0.39, 0.29) is 0 Å². The summed E-state index contributed by atoms with van der Waals surface area (Å²) in [5.74, 6) is 0.934. The Morgan fingerprint density at radius 2 is 2.38 bits per heavy atom. The van der Waals surface area contributed by atoms with Crippen LogP contribution in [0.1, 0.15) is 18.4 Å². The minimum Gasteiger partial charge on any atom is -0.497 e. The van der Waals surface area contributed by atoms with Crippen molar-refractivity contribution in [3.63, 3.8) is 0 Å². The predicted molar refractivity (Wildman–Crippen MR) is 64.8 cm³/mol. The lowest BCUT2D eigenvalue weighted by atomic mass is 10.1. The number of hydrogen-bond donors (Lipinski definition) is 0. The largest absolute Gasteiger partial charge is 0.497 e. The molecule has 0 spiro atoms. The maximum atomic E-state index is 5.41. The van der Waals surface area contributed by atoms with Gasteiger partial charge in [-0.3, -0.25) is 0 Å². The molecular formula is C14H18O2. The van der Waals surface area contributed by atoms with Gasteiger partial charge in [-0.05, 0) is 37.0 Å². The van der Waals surface area contributed by atoms with Gasteiger partial charge in [-0.2, -0.15) is 0 Å². The lowest BCUT2D eigenvalue weighted by Gasteiger charge is -2.03. The van der Waals surface area contributed by atoms with Crippen molar-refractivity contribution in [3.05, 3.63) is 42.5 Å². The van der Waals surface area contributed by atoms with Crippen LogP contribution in [0.4, 0.5) is 0 Å². The highest BCUT2D eigenvalue weighted by atomic mass is 16.6. The van der Waals surface area contributed by atoms with E-state index in [1.165, 1.54) is 5.56 Å². The van der Waals surface area contributed by atoms with Crippen molar-refractivity contribution in [1.82, 2.24) is 0 Å². The molecule has 0 amide bonds. The molecule has 1 aliphatic heterocycles. The highest BCUT2D eigenvalue weighted by Gasteiger charge is 2.34. The van der Waals surface area contributed by atoms with Crippen LogP contribution in [0, 0.1) is 0 Å². The molecule has 1 saturated heterocycles. The first-order valence-electron chi connectivity index (χ1n) is 5.74. The van der Waals surface area contributed by atoms with E-state index in [2.05, 4.69) is 18.7 Å². The lowest BCUT2D eigenvalue weighted by molar-refractivity contribution is 0.375. The third-order valence-electron chi connectivity index (χ3n) is 2.94. The van der Waals surface area contributed by atoms with E-state index in [1.807, 2.05) is 18.2 Å². The minimum atomic E-state index is 0.310. The second-order valence-electron chi connectivity index (χ2n) is 4.12. The molecule has 1 aromatic carbocycles. The molecular weight excluding hydrogens is 200 g/mol. The highest BCUT2D eigenvalue weighted by Crippen LogP contribution is 2.27. The summed E-state index contributed by atoms with van der Waals surface area (Å²) in [6, 6.07) is 8.25. The molecule has 2 rings (SSSR count). The number of ether oxygens (including phenoxy) is 2. The SMILES string of the molecule is C=C[C@H]1O[C@H]1CCCc1cccc(OC)c1. The summed E-state index contributed by atoms with van der Waals surface area (Å²) >= 11 is 0. The maximum absolute atomic E-state index is 5.41. The van der Waals surface area contributed by atoms with Gasteiger partial charge in [0, 0.05) is 0 Å². The molecule has 2 heteroatoms. The second-order valence-corrected chi connectivity index (χ2v) is 4.12. The number of benzene rings is 1. The van der Waals surface area contributed by atoms with Crippen molar-refractivity contribution in [2.75, 3.05) is 7.11 Å². The van der Waals surface area contributed by atoms with Gasteiger partial charge in [0.1, 0.15) is 11.9 Å². The van der Waals surface area contributed by atoms with Gasteiger partial charge in [-0.1, -0.05) is 18.2 Å². The van der Waals surface area contributed by atoms with Gasteiger partial charge in [-0.15, -0.1) is 6.58 Å². The summed E-state index contributed by atoms with van der Waals surface area (Å²) in [6.07, 6.45) is 5.97. The first-order valence-corrected chi connectivity index (χ1v) is 5.74. The third kappa shape index (κ3) is 2.86. The zero-order chi connectivity index (χ0) is 11.4. The molecule has 0 N–H and O–H groups in total. The minimum absolute atomic E-state index is 0.310. The first-order chi connectivity index (χ1) is 7.83. The van der Waals surface area contributed by atoms with Crippen molar-refractivity contribution in [2.24, 2.45) is 0 Å². The topological polar surface area (TPSA) is 21.8 Å². The van der Waals surface area contributed by atoms with Gasteiger partial charge >= 0.3 is 0 Å². The smallest absolute Gasteiger partial charge is 0.119 e. The van der Waals surface area contributed by atoms with E-state index in [4.69, 9.17) is 9.47 Å². The van der Waals surface area contributed by atoms with E-state index in [1.54, 1.807) is 7.11 Å². The molecule has 0 bridgehead atoms. The second kappa shape index (κ2) is 5.17. The van der Waals surface area contributed by atoms with Crippen LogP contribution in [-0.4, -0.2) is 19.3 Å². The maximum Gasteiger partial charge on any atom is 0.119 e. The van der Waals surface area contributed by atoms with Crippen molar-refractivity contribution < 1.29 is 9.47 Å². The molecule has 16 heavy (non-hydrogen) atoms. The summed E-state index contributed by atoms with van der Waals surface area (Å²) in [7, 11) is 1.70. The van der Waals surface area contributed by atoms with Gasteiger partial charge in [0.2, 0.25) is 0 Å². The van der Waals surface area contributed by atoms with Crippen molar-refractivity contribution >= 4 is 0 Å². The fraction of sp³-hybridized carbons (Fsp3) is 0.429. The van der Waals surface area contributed by atoms with Gasteiger partial charge in [-0.25, -0.2) is 0 Å². The molecule has 2 nitrogen and oxygen atoms in total. The van der Waals surface area contributed by atoms with Crippen LogP contribution < -0.4 is 4.74 Å². The molecule has 0 radical (unpaired) electrons. The monoisotopic (exact) mass is 218 g/mol. The van der Waals surface area contributed by atoms with Gasteiger partial charge < -0.3 is 9.47 Å². The van der Waals surface area contributed by atoms with Gasteiger partial charge in [0.05, 0.1) is 13.2 Å². The summed E-state index contributed by atoms with van der Waals surface area (Å²) in [4.78, 5) is 0. The number of methoxy groups -OCH3 is 1. The fourth-order valence-electron chi connectivity index (χ4n) is 1.93. The van der Waals surface area contributed by atoms with Gasteiger partial charge in [0.25, 0.3) is 0 Å². The summed E-state index contributed by atoms with van der Waals surface area (Å²) in [5, 5.41) is 0. The Bertz CT molecular complexity index is 360. The molecule has 1 fully saturated rings. The molecule has 2 atom stereocenters. The van der Waals surface area contributed by atoms with Crippen LogP contribution in [0.15, 0.2) is 36.9 Å². The highest BCUT2D eigenvalue weighted by molar-refractivity contribution is 5.28. The van der Waals surface area contributed by atoms with E-state index >= 15 is 0 Å². The van der Waals surface area contributed by atoms with E-state index < -0.39 is 0 Å². The van der Waals surface area contributed by atoms with Crippen LogP contribution in [0.25, 0.3) is 0 Å². The van der Waals surface area contributed by atoms with Crippen LogP contribution in [-0.2, 0) is 11.2 Å². The third-order valence-corrected chi connectivity index (χ3v) is 2.94. The molecule has 0 unspecified atom stereocenters. The Morgan fingerprint density at radius 1 is 1.50 bits per heavy atom. The van der Waals surface area contributed by atoms with E-state index in [9.17, 15) is 0 Å². The zero-order valence-corrected chi connectivity index (χ0v) is 9.69. The molecule has 86 valence electrons. The van der Waals surface area contributed by atoms with Crippen molar-refractivity contribution in [2.45, 2.75) is 31.5 Å². The number of epoxide rings is 1. The Hall–Kier alpha value is -1.28. The summed E-state index contributed by atoms with van der Waals surface area (Å²) in [6.45, 7) is 3.72. The van der Waals surface area contributed by atoms with Crippen molar-refractivity contribution in [1.29, 1.82) is 0 Å². The van der Waals surface area contributed by atoms with Crippen LogP contribution in [0.2, 0.25) is 0 Å². The van der Waals surface area contributed by atoms with Gasteiger partial charge in [0.15, 0.2) is 0 Å². The molecule has 1 heterocycles. The molecule has 1 aliphatic rings. The predicted octanol–water partition coefficient (Wildman–Crippen LogP) is 2.97. The molecule has 0 aliphatic carbocycles. The van der Waals surface area contributed by atoms with Crippen LogP contribution >= 0.6 is 0 Å². The van der Waals surface area contributed by atoms with Crippen LogP contribution in [0.3, 0.4) is 0 Å². The molecule has 0 saturated carbocycles. The lowest BCUT2D eigenvalue weighted by Crippen LogP contribution is -1.93. The number of hydrogen-bond acceptors (Lipinski definition) is 2. The summed E-state index contributed by atoms with van der Waals surface area (Å²) < 4.78 is 10.6. The normalized spacial score (nSPS) is 22.8. The number of aryl methyl sites for hydroxylation is 1. The number of rotatable bonds is 6. The van der Waals surface area contributed by atoms with Crippen molar-refractivity contribution in [3.8, 4) is 5.75 Å². The zero-order valence-electron chi connectivity index (χ0n) is 9.69. The Kier molecular flexibility index (Phi) is 3.62. The quantitative estimate of drug-likeness (QED) is 0.541. The molecule has 0 aromatic heterocycles. The molecule has 1 aromatic rings. The average molecular weight is 218 g/mol.